The standard InChI is InChI=1S/C9H15F3N2O.ClH/c1-2-6-14(7-9(10,11)12)8(15)4-3-5-13;/h2H,1,3-7,13H2;1H. The Hall–Kier alpha value is -0.750. The molecule has 0 aliphatic carbocycles. The largest absolute Gasteiger partial charge is 0.406 e. The molecule has 2 N–H and O–H groups in total. The second-order valence-corrected chi connectivity index (χ2v) is 3.07. The number of halogens is 4. The maximum Gasteiger partial charge on any atom is 0.406 e. The molecule has 0 fully saturated rings. The van der Waals surface area contributed by atoms with Gasteiger partial charge >= 0.3 is 6.18 Å². The third kappa shape index (κ3) is 8.55. The van der Waals surface area contributed by atoms with Crippen LogP contribution >= 0.6 is 12.4 Å². The van der Waals surface area contributed by atoms with Crippen molar-refractivity contribution in [2.24, 2.45) is 5.73 Å². The molecule has 0 spiro atoms. The van der Waals surface area contributed by atoms with Crippen molar-refractivity contribution in [1.82, 2.24) is 4.90 Å². The number of nitrogens with two attached hydrogens (primary N) is 1. The summed E-state index contributed by atoms with van der Waals surface area (Å²) in [6.07, 6.45) is -2.67. The predicted octanol–water partition coefficient (Wildman–Crippen LogP) is 1.72. The highest BCUT2D eigenvalue weighted by molar-refractivity contribution is 5.85. The number of nitrogens with zero attached hydrogens (tertiary/aromatic N) is 1. The van der Waals surface area contributed by atoms with Crippen LogP contribution in [0.25, 0.3) is 0 Å². The van der Waals surface area contributed by atoms with Gasteiger partial charge in [0.25, 0.3) is 0 Å². The van der Waals surface area contributed by atoms with Gasteiger partial charge in [0, 0.05) is 13.0 Å². The minimum atomic E-state index is -4.37. The molecule has 0 aliphatic rings. The number of hydrogen-bond acceptors (Lipinski definition) is 2. The number of hydrogen-bond donors (Lipinski definition) is 1. The Kier molecular flexibility index (Phi) is 9.27. The van der Waals surface area contributed by atoms with Crippen molar-refractivity contribution in [1.29, 1.82) is 0 Å². The van der Waals surface area contributed by atoms with E-state index in [4.69, 9.17) is 5.73 Å². The zero-order chi connectivity index (χ0) is 11.9. The molecule has 0 atom stereocenters. The summed E-state index contributed by atoms with van der Waals surface area (Å²) >= 11 is 0. The van der Waals surface area contributed by atoms with Crippen LogP contribution in [-0.4, -0.2) is 36.6 Å². The summed E-state index contributed by atoms with van der Waals surface area (Å²) < 4.78 is 36.2. The maximum absolute atomic E-state index is 12.1. The van der Waals surface area contributed by atoms with Gasteiger partial charge in [0.2, 0.25) is 5.91 Å². The van der Waals surface area contributed by atoms with Crippen molar-refractivity contribution >= 4 is 18.3 Å². The molecule has 7 heteroatoms. The highest BCUT2D eigenvalue weighted by Crippen LogP contribution is 2.17. The Morgan fingerprint density at radius 1 is 1.44 bits per heavy atom. The molecule has 96 valence electrons. The Balaban J connectivity index is 0. The van der Waals surface area contributed by atoms with Crippen LogP contribution in [0.5, 0.6) is 0 Å². The molecule has 0 saturated carbocycles. The van der Waals surface area contributed by atoms with Crippen molar-refractivity contribution in [3.05, 3.63) is 12.7 Å². The molecular formula is C9H16ClF3N2O. The Labute approximate surface area is 98.9 Å². The van der Waals surface area contributed by atoms with Gasteiger partial charge in [-0.15, -0.1) is 19.0 Å². The third-order valence-corrected chi connectivity index (χ3v) is 1.67. The quantitative estimate of drug-likeness (QED) is 0.739. The molecular weight excluding hydrogens is 245 g/mol. The summed E-state index contributed by atoms with van der Waals surface area (Å²) in [4.78, 5) is 12.0. The smallest absolute Gasteiger partial charge is 0.330 e. The average molecular weight is 261 g/mol. The second kappa shape index (κ2) is 8.41. The lowest BCUT2D eigenvalue weighted by molar-refractivity contribution is -0.160. The van der Waals surface area contributed by atoms with E-state index in [0.29, 0.717) is 13.0 Å². The van der Waals surface area contributed by atoms with Gasteiger partial charge in [0.1, 0.15) is 6.54 Å². The van der Waals surface area contributed by atoms with Crippen LogP contribution in [0.3, 0.4) is 0 Å². The van der Waals surface area contributed by atoms with Gasteiger partial charge in [-0.25, -0.2) is 0 Å². The predicted molar refractivity (Wildman–Crippen MR) is 58.4 cm³/mol. The van der Waals surface area contributed by atoms with E-state index in [1.165, 1.54) is 6.08 Å². The summed E-state index contributed by atoms with van der Waals surface area (Å²) in [6.45, 7) is 2.27. The topological polar surface area (TPSA) is 46.3 Å². The van der Waals surface area contributed by atoms with Gasteiger partial charge < -0.3 is 10.6 Å². The van der Waals surface area contributed by atoms with E-state index in [2.05, 4.69) is 6.58 Å². The van der Waals surface area contributed by atoms with Crippen LogP contribution < -0.4 is 5.73 Å². The normalized spacial score (nSPS) is 10.5. The van der Waals surface area contributed by atoms with E-state index in [1.807, 2.05) is 0 Å². The number of amides is 1. The van der Waals surface area contributed by atoms with Crippen LogP contribution in [-0.2, 0) is 4.79 Å². The summed E-state index contributed by atoms with van der Waals surface area (Å²) in [5, 5.41) is 0. The molecule has 0 aliphatic heterocycles. The lowest BCUT2D eigenvalue weighted by Crippen LogP contribution is -2.39. The molecule has 0 bridgehead atoms. The molecule has 0 saturated heterocycles. The van der Waals surface area contributed by atoms with Crippen LogP contribution in [0.2, 0.25) is 0 Å². The van der Waals surface area contributed by atoms with Gasteiger partial charge in [0.15, 0.2) is 0 Å². The Morgan fingerprint density at radius 2 is 2.00 bits per heavy atom. The average Bonchev–Trinajstić information content (AvgIpc) is 2.11. The third-order valence-electron chi connectivity index (χ3n) is 1.67. The molecule has 0 unspecified atom stereocenters. The zero-order valence-corrected chi connectivity index (χ0v) is 9.61. The van der Waals surface area contributed by atoms with Crippen molar-refractivity contribution in [3.8, 4) is 0 Å². The molecule has 1 amide bonds. The second-order valence-electron chi connectivity index (χ2n) is 3.07. The van der Waals surface area contributed by atoms with Crippen molar-refractivity contribution in [2.75, 3.05) is 19.6 Å². The molecule has 16 heavy (non-hydrogen) atoms. The maximum atomic E-state index is 12.1. The van der Waals surface area contributed by atoms with Crippen molar-refractivity contribution in [3.63, 3.8) is 0 Å². The van der Waals surface area contributed by atoms with E-state index in [9.17, 15) is 18.0 Å². The molecule has 0 aromatic carbocycles. The molecule has 0 heterocycles. The first-order valence-electron chi connectivity index (χ1n) is 4.56. The Morgan fingerprint density at radius 3 is 2.38 bits per heavy atom. The van der Waals surface area contributed by atoms with E-state index in [-0.39, 0.29) is 25.4 Å². The first kappa shape index (κ1) is 17.6. The minimum Gasteiger partial charge on any atom is -0.330 e. The summed E-state index contributed by atoms with van der Waals surface area (Å²) in [6, 6.07) is 0. The summed E-state index contributed by atoms with van der Waals surface area (Å²) in [5.74, 6) is -0.544. The zero-order valence-electron chi connectivity index (χ0n) is 8.79. The van der Waals surface area contributed by atoms with Crippen LogP contribution in [0.15, 0.2) is 12.7 Å². The molecule has 0 aromatic heterocycles. The van der Waals surface area contributed by atoms with Crippen molar-refractivity contribution < 1.29 is 18.0 Å². The number of rotatable bonds is 6. The molecule has 3 nitrogen and oxygen atoms in total. The first-order chi connectivity index (χ1) is 6.90. The van der Waals surface area contributed by atoms with Gasteiger partial charge in [-0.1, -0.05) is 6.08 Å². The lowest BCUT2D eigenvalue weighted by atomic mass is 10.2. The highest BCUT2D eigenvalue weighted by Gasteiger charge is 2.32. The SMILES string of the molecule is C=CCN(CC(F)(F)F)C(=O)CCCN.Cl. The molecule has 0 aromatic rings. The fourth-order valence-corrected chi connectivity index (χ4v) is 1.04. The molecule has 0 rings (SSSR count). The van der Waals surface area contributed by atoms with E-state index in [0.717, 1.165) is 4.90 Å². The van der Waals surface area contributed by atoms with E-state index in [1.54, 1.807) is 0 Å². The fraction of sp³-hybridized carbons (Fsp3) is 0.667. The summed E-state index contributed by atoms with van der Waals surface area (Å²) in [5.41, 5.74) is 5.17. The van der Waals surface area contributed by atoms with Crippen LogP contribution in [0.4, 0.5) is 13.2 Å². The van der Waals surface area contributed by atoms with Gasteiger partial charge in [-0.2, -0.15) is 13.2 Å². The minimum absolute atomic E-state index is 0. The fourth-order valence-electron chi connectivity index (χ4n) is 1.04. The van der Waals surface area contributed by atoms with Crippen LogP contribution in [0.1, 0.15) is 12.8 Å². The van der Waals surface area contributed by atoms with Gasteiger partial charge in [-0.05, 0) is 13.0 Å². The number of alkyl halides is 3. The van der Waals surface area contributed by atoms with Crippen LogP contribution in [0, 0.1) is 0 Å². The van der Waals surface area contributed by atoms with Gasteiger partial charge in [-0.3, -0.25) is 4.79 Å². The highest BCUT2D eigenvalue weighted by atomic mass is 35.5. The van der Waals surface area contributed by atoms with E-state index < -0.39 is 18.6 Å². The monoisotopic (exact) mass is 260 g/mol. The van der Waals surface area contributed by atoms with Gasteiger partial charge in [0.05, 0.1) is 0 Å². The molecule has 0 radical (unpaired) electrons. The van der Waals surface area contributed by atoms with Crippen molar-refractivity contribution in [2.45, 2.75) is 19.0 Å². The first-order valence-corrected chi connectivity index (χ1v) is 4.56. The number of carbonyl (C=O) groups excluding carboxylic acids is 1. The lowest BCUT2D eigenvalue weighted by Gasteiger charge is -2.22. The summed E-state index contributed by atoms with van der Waals surface area (Å²) in [7, 11) is 0. The Bertz CT molecular complexity index is 221. The number of carbonyl (C=O) groups is 1. The van der Waals surface area contributed by atoms with E-state index >= 15 is 0 Å².